The standard InChI is InChI=1S/C12H21N5O.2ClH/c1-9-6-11(16(3)15-9)14-12(18)8-17-5-4-13-7-10(17)2;;/h6,10,13H,4-5,7-8H2,1-3H3,(H,14,18);2*1H/t10-;;/m1../s1. The SMILES string of the molecule is Cc1cc(NC(=O)CN2CCNC[C@H]2C)n(C)n1.Cl.Cl. The van der Waals surface area contributed by atoms with Crippen LogP contribution in [0, 0.1) is 6.92 Å². The number of halogens is 2. The van der Waals surface area contributed by atoms with Gasteiger partial charge in [-0.15, -0.1) is 24.8 Å². The minimum absolute atomic E-state index is 0. The zero-order valence-corrected chi connectivity index (χ0v) is 13.7. The van der Waals surface area contributed by atoms with Crippen molar-refractivity contribution < 1.29 is 4.79 Å². The summed E-state index contributed by atoms with van der Waals surface area (Å²) in [5, 5.41) is 10.4. The topological polar surface area (TPSA) is 62.2 Å². The summed E-state index contributed by atoms with van der Waals surface area (Å²) < 4.78 is 1.69. The van der Waals surface area contributed by atoms with E-state index in [1.54, 1.807) is 4.68 Å². The molecule has 0 unspecified atom stereocenters. The van der Waals surface area contributed by atoms with Crippen LogP contribution in [-0.4, -0.2) is 52.8 Å². The number of nitrogens with zero attached hydrogens (tertiary/aromatic N) is 3. The van der Waals surface area contributed by atoms with Crippen LogP contribution in [0.2, 0.25) is 0 Å². The van der Waals surface area contributed by atoms with E-state index in [9.17, 15) is 4.79 Å². The van der Waals surface area contributed by atoms with Gasteiger partial charge in [0.25, 0.3) is 0 Å². The molecular weight excluding hydrogens is 301 g/mol. The molecule has 1 aromatic heterocycles. The summed E-state index contributed by atoms with van der Waals surface area (Å²) >= 11 is 0. The zero-order valence-electron chi connectivity index (χ0n) is 12.0. The first-order valence-electron chi connectivity index (χ1n) is 6.31. The van der Waals surface area contributed by atoms with E-state index in [1.807, 2.05) is 20.0 Å². The third-order valence-electron chi connectivity index (χ3n) is 3.26. The number of hydrogen-bond donors (Lipinski definition) is 2. The predicted octanol–water partition coefficient (Wildman–Crippen LogP) is 0.804. The number of nitrogens with one attached hydrogen (secondary N) is 2. The minimum Gasteiger partial charge on any atom is -0.314 e. The predicted molar refractivity (Wildman–Crippen MR) is 85.0 cm³/mol. The van der Waals surface area contributed by atoms with Gasteiger partial charge in [-0.2, -0.15) is 5.10 Å². The number of rotatable bonds is 3. The first kappa shape index (κ1) is 19.2. The number of amides is 1. The summed E-state index contributed by atoms with van der Waals surface area (Å²) in [5.74, 6) is 0.770. The van der Waals surface area contributed by atoms with Crippen LogP contribution >= 0.6 is 24.8 Å². The molecule has 1 fully saturated rings. The van der Waals surface area contributed by atoms with E-state index in [1.165, 1.54) is 0 Å². The molecular formula is C12H23Cl2N5O. The first-order valence-corrected chi connectivity index (χ1v) is 6.31. The maximum atomic E-state index is 12.0. The monoisotopic (exact) mass is 323 g/mol. The molecule has 1 aromatic rings. The Morgan fingerprint density at radius 1 is 1.55 bits per heavy atom. The average Bonchev–Trinajstić information content (AvgIpc) is 2.61. The molecule has 1 atom stereocenters. The van der Waals surface area contributed by atoms with E-state index in [2.05, 4.69) is 27.6 Å². The van der Waals surface area contributed by atoms with Gasteiger partial charge in [-0.1, -0.05) is 0 Å². The van der Waals surface area contributed by atoms with Crippen molar-refractivity contribution in [1.82, 2.24) is 20.0 Å². The minimum atomic E-state index is 0. The quantitative estimate of drug-likeness (QED) is 0.864. The van der Waals surface area contributed by atoms with Crippen LogP contribution in [0.5, 0.6) is 0 Å². The van der Waals surface area contributed by atoms with Crippen molar-refractivity contribution in [1.29, 1.82) is 0 Å². The van der Waals surface area contributed by atoms with Gasteiger partial charge in [-0.25, -0.2) is 0 Å². The van der Waals surface area contributed by atoms with Crippen LogP contribution in [0.1, 0.15) is 12.6 Å². The number of hydrogen-bond acceptors (Lipinski definition) is 4. The highest BCUT2D eigenvalue weighted by molar-refractivity contribution is 5.91. The maximum absolute atomic E-state index is 12.0. The summed E-state index contributed by atoms with van der Waals surface area (Å²) in [6.07, 6.45) is 0. The Kier molecular flexibility index (Phi) is 8.12. The molecule has 20 heavy (non-hydrogen) atoms. The fourth-order valence-electron chi connectivity index (χ4n) is 2.21. The molecule has 116 valence electrons. The molecule has 0 aromatic carbocycles. The van der Waals surface area contributed by atoms with Gasteiger partial charge in [0.2, 0.25) is 5.91 Å². The molecule has 1 saturated heterocycles. The largest absolute Gasteiger partial charge is 0.314 e. The molecule has 6 nitrogen and oxygen atoms in total. The van der Waals surface area contributed by atoms with E-state index in [4.69, 9.17) is 0 Å². The van der Waals surface area contributed by atoms with Crippen molar-refractivity contribution in [2.75, 3.05) is 31.5 Å². The molecule has 1 aliphatic rings. The third kappa shape index (κ3) is 4.94. The molecule has 2 rings (SSSR count). The summed E-state index contributed by atoms with van der Waals surface area (Å²) in [4.78, 5) is 14.2. The van der Waals surface area contributed by atoms with Crippen LogP contribution in [0.15, 0.2) is 6.07 Å². The average molecular weight is 324 g/mol. The molecule has 0 radical (unpaired) electrons. The molecule has 0 spiro atoms. The highest BCUT2D eigenvalue weighted by atomic mass is 35.5. The van der Waals surface area contributed by atoms with E-state index >= 15 is 0 Å². The molecule has 1 aliphatic heterocycles. The lowest BCUT2D eigenvalue weighted by molar-refractivity contribution is -0.118. The smallest absolute Gasteiger partial charge is 0.239 e. The Hall–Kier alpha value is -0.820. The second-order valence-electron chi connectivity index (χ2n) is 4.87. The number of piperazine rings is 1. The van der Waals surface area contributed by atoms with Crippen molar-refractivity contribution >= 4 is 36.5 Å². The molecule has 0 bridgehead atoms. The summed E-state index contributed by atoms with van der Waals surface area (Å²) in [7, 11) is 1.83. The zero-order chi connectivity index (χ0) is 13.1. The summed E-state index contributed by atoms with van der Waals surface area (Å²) in [6, 6.07) is 2.27. The number of anilines is 1. The fraction of sp³-hybridized carbons (Fsp3) is 0.667. The second-order valence-corrected chi connectivity index (χ2v) is 4.87. The number of carbonyl (C=O) groups excluding carboxylic acids is 1. The van der Waals surface area contributed by atoms with Crippen molar-refractivity contribution in [3.63, 3.8) is 0 Å². The Morgan fingerprint density at radius 2 is 2.25 bits per heavy atom. The normalized spacial score (nSPS) is 18.9. The van der Waals surface area contributed by atoms with Crippen LogP contribution in [0.25, 0.3) is 0 Å². The Morgan fingerprint density at radius 3 is 2.80 bits per heavy atom. The maximum Gasteiger partial charge on any atom is 0.239 e. The molecule has 8 heteroatoms. The lowest BCUT2D eigenvalue weighted by atomic mass is 10.2. The van der Waals surface area contributed by atoms with Crippen LogP contribution in [-0.2, 0) is 11.8 Å². The Bertz CT molecular complexity index is 437. The lowest BCUT2D eigenvalue weighted by Crippen LogP contribution is -2.52. The van der Waals surface area contributed by atoms with E-state index in [0.717, 1.165) is 31.1 Å². The molecule has 1 amide bonds. The number of aromatic nitrogens is 2. The van der Waals surface area contributed by atoms with Crippen molar-refractivity contribution in [2.45, 2.75) is 19.9 Å². The molecule has 2 heterocycles. The summed E-state index contributed by atoms with van der Waals surface area (Å²) in [6.45, 7) is 7.29. The van der Waals surface area contributed by atoms with Gasteiger partial charge in [-0.3, -0.25) is 14.4 Å². The highest BCUT2D eigenvalue weighted by Crippen LogP contribution is 2.08. The highest BCUT2D eigenvalue weighted by Gasteiger charge is 2.20. The van der Waals surface area contributed by atoms with E-state index < -0.39 is 0 Å². The Labute approximate surface area is 132 Å². The van der Waals surface area contributed by atoms with E-state index in [0.29, 0.717) is 12.6 Å². The molecule has 0 saturated carbocycles. The van der Waals surface area contributed by atoms with Gasteiger partial charge < -0.3 is 10.6 Å². The van der Waals surface area contributed by atoms with Crippen molar-refractivity contribution in [2.24, 2.45) is 7.05 Å². The molecule has 0 aliphatic carbocycles. The lowest BCUT2D eigenvalue weighted by Gasteiger charge is -2.33. The van der Waals surface area contributed by atoms with Gasteiger partial charge in [-0.05, 0) is 13.8 Å². The number of aryl methyl sites for hydroxylation is 2. The third-order valence-corrected chi connectivity index (χ3v) is 3.26. The Balaban J connectivity index is 0.00000180. The van der Waals surface area contributed by atoms with Gasteiger partial charge in [0.15, 0.2) is 0 Å². The molecule has 2 N–H and O–H groups in total. The van der Waals surface area contributed by atoms with Crippen LogP contribution in [0.3, 0.4) is 0 Å². The van der Waals surface area contributed by atoms with Gasteiger partial charge in [0.05, 0.1) is 12.2 Å². The fourth-order valence-corrected chi connectivity index (χ4v) is 2.21. The van der Waals surface area contributed by atoms with Gasteiger partial charge >= 0.3 is 0 Å². The first-order chi connectivity index (χ1) is 8.56. The van der Waals surface area contributed by atoms with Crippen molar-refractivity contribution in [3.8, 4) is 0 Å². The van der Waals surface area contributed by atoms with Gasteiger partial charge in [0.1, 0.15) is 5.82 Å². The van der Waals surface area contributed by atoms with Crippen molar-refractivity contribution in [3.05, 3.63) is 11.8 Å². The van der Waals surface area contributed by atoms with E-state index in [-0.39, 0.29) is 30.7 Å². The van der Waals surface area contributed by atoms with Gasteiger partial charge in [0, 0.05) is 38.8 Å². The van der Waals surface area contributed by atoms with Crippen LogP contribution < -0.4 is 10.6 Å². The van der Waals surface area contributed by atoms with Crippen LogP contribution in [0.4, 0.5) is 5.82 Å². The second kappa shape index (κ2) is 8.46. The number of carbonyl (C=O) groups is 1. The summed E-state index contributed by atoms with van der Waals surface area (Å²) in [5.41, 5.74) is 0.906.